The van der Waals surface area contributed by atoms with E-state index in [4.69, 9.17) is 4.74 Å². The van der Waals surface area contributed by atoms with Crippen LogP contribution in [-0.2, 0) is 14.3 Å². The summed E-state index contributed by atoms with van der Waals surface area (Å²) in [5.41, 5.74) is 4.47. The molecule has 0 saturated heterocycles. The summed E-state index contributed by atoms with van der Waals surface area (Å²) in [5, 5.41) is 14.5. The van der Waals surface area contributed by atoms with E-state index in [0.29, 0.717) is 12.2 Å². The number of hydrogen-bond donors (Lipinski definition) is 3. The van der Waals surface area contributed by atoms with E-state index < -0.39 is 30.1 Å². The normalized spacial score (nSPS) is 14.2. The lowest BCUT2D eigenvalue weighted by atomic mass is 9.98. The molecule has 0 aromatic heterocycles. The van der Waals surface area contributed by atoms with Crippen LogP contribution < -0.4 is 10.6 Å². The number of alkyl carbamates (subject to hydrolysis) is 1. The molecule has 0 radical (unpaired) electrons. The Hall–Kier alpha value is -3.00. The van der Waals surface area contributed by atoms with Crippen molar-refractivity contribution in [1.29, 1.82) is 0 Å². The van der Waals surface area contributed by atoms with Crippen molar-refractivity contribution in [2.24, 2.45) is 5.92 Å². The topological polar surface area (TPSA) is 105 Å². The van der Waals surface area contributed by atoms with Gasteiger partial charge in [0.15, 0.2) is 0 Å². The maximum absolute atomic E-state index is 12.7. The van der Waals surface area contributed by atoms with Gasteiger partial charge in [-0.3, -0.25) is 4.79 Å². The zero-order valence-electron chi connectivity index (χ0n) is 19.0. The molecule has 3 N–H and O–H groups in total. The van der Waals surface area contributed by atoms with Crippen molar-refractivity contribution in [1.82, 2.24) is 10.6 Å². The van der Waals surface area contributed by atoms with Crippen LogP contribution in [0.3, 0.4) is 0 Å². The van der Waals surface area contributed by atoms with Gasteiger partial charge in [-0.1, -0.05) is 62.4 Å². The molecule has 1 aliphatic rings. The number of amides is 2. The molecule has 1 aliphatic carbocycles. The molecule has 2 aromatic carbocycles. The van der Waals surface area contributed by atoms with Gasteiger partial charge >= 0.3 is 12.1 Å². The maximum atomic E-state index is 12.7. The van der Waals surface area contributed by atoms with Crippen LogP contribution in [-0.4, -0.2) is 53.8 Å². The van der Waals surface area contributed by atoms with Crippen molar-refractivity contribution in [2.45, 2.75) is 38.3 Å². The van der Waals surface area contributed by atoms with Gasteiger partial charge in [-0.2, -0.15) is 11.8 Å². The zero-order valence-corrected chi connectivity index (χ0v) is 19.9. The van der Waals surface area contributed by atoms with Gasteiger partial charge in [0.1, 0.15) is 18.7 Å². The lowest BCUT2D eigenvalue weighted by molar-refractivity contribution is -0.143. The second-order valence-corrected chi connectivity index (χ2v) is 9.36. The summed E-state index contributed by atoms with van der Waals surface area (Å²) in [6.07, 6.45) is 1.56. The smallest absolute Gasteiger partial charge is 0.407 e. The van der Waals surface area contributed by atoms with Crippen molar-refractivity contribution in [3.63, 3.8) is 0 Å². The molecule has 0 fully saturated rings. The van der Waals surface area contributed by atoms with Crippen LogP contribution >= 0.6 is 11.8 Å². The molecule has 0 spiro atoms. The van der Waals surface area contributed by atoms with Crippen LogP contribution in [0, 0.1) is 5.92 Å². The summed E-state index contributed by atoms with van der Waals surface area (Å²) in [4.78, 5) is 36.8. The van der Waals surface area contributed by atoms with Gasteiger partial charge in [-0.05, 0) is 46.6 Å². The molecular weight excluding hydrogens is 440 g/mol. The standard InChI is InChI=1S/C25H30N2O5S/c1-15(2)22(24(29)30)27-23(28)21(12-13-33-3)26-25(31)32-14-20-18-10-6-4-8-16(18)17-9-5-7-11-19(17)20/h4-11,15,20-22H,12-14H2,1-3H3,(H,26,31)(H,27,28)(H,29,30). The fourth-order valence-electron chi connectivity index (χ4n) is 4.05. The minimum absolute atomic E-state index is 0.0843. The predicted molar refractivity (Wildman–Crippen MR) is 129 cm³/mol. The summed E-state index contributed by atoms with van der Waals surface area (Å²) >= 11 is 1.54. The monoisotopic (exact) mass is 470 g/mol. The Labute approximate surface area is 198 Å². The molecular formula is C25H30N2O5S. The fourth-order valence-corrected chi connectivity index (χ4v) is 4.53. The number of nitrogens with one attached hydrogen (secondary N) is 2. The number of carboxylic acid groups (broad SMARTS) is 1. The average molecular weight is 471 g/mol. The number of thioether (sulfide) groups is 1. The number of carbonyl (C=O) groups excluding carboxylic acids is 2. The molecule has 176 valence electrons. The Morgan fingerprint density at radius 1 is 1.00 bits per heavy atom. The third kappa shape index (κ3) is 5.87. The molecule has 2 atom stereocenters. The van der Waals surface area contributed by atoms with E-state index in [1.807, 2.05) is 42.7 Å². The fraction of sp³-hybridized carbons (Fsp3) is 0.400. The molecule has 7 nitrogen and oxygen atoms in total. The number of rotatable bonds is 10. The SMILES string of the molecule is CSCCC(NC(=O)OCC1c2ccccc2-c2ccccc21)C(=O)NC(C(=O)O)C(C)C. The summed E-state index contributed by atoms with van der Waals surface area (Å²) in [6.45, 7) is 3.57. The maximum Gasteiger partial charge on any atom is 0.407 e. The second-order valence-electron chi connectivity index (χ2n) is 8.37. The van der Waals surface area contributed by atoms with Gasteiger partial charge in [-0.25, -0.2) is 9.59 Å². The Morgan fingerprint density at radius 2 is 1.58 bits per heavy atom. The van der Waals surface area contributed by atoms with Crippen molar-refractivity contribution in [3.8, 4) is 11.1 Å². The average Bonchev–Trinajstić information content (AvgIpc) is 3.12. The van der Waals surface area contributed by atoms with Crippen molar-refractivity contribution in [2.75, 3.05) is 18.6 Å². The van der Waals surface area contributed by atoms with Crippen molar-refractivity contribution >= 4 is 29.7 Å². The molecule has 2 unspecified atom stereocenters. The predicted octanol–water partition coefficient (Wildman–Crippen LogP) is 3.87. The molecule has 33 heavy (non-hydrogen) atoms. The Morgan fingerprint density at radius 3 is 2.09 bits per heavy atom. The van der Waals surface area contributed by atoms with Crippen molar-refractivity contribution < 1.29 is 24.2 Å². The highest BCUT2D eigenvalue weighted by atomic mass is 32.2. The number of carboxylic acids is 1. The summed E-state index contributed by atoms with van der Waals surface area (Å²) < 4.78 is 5.55. The first-order valence-corrected chi connectivity index (χ1v) is 12.4. The largest absolute Gasteiger partial charge is 0.480 e. The van der Waals surface area contributed by atoms with E-state index in [0.717, 1.165) is 22.3 Å². The van der Waals surface area contributed by atoms with Crippen LogP contribution in [0.25, 0.3) is 11.1 Å². The molecule has 0 bridgehead atoms. The lowest BCUT2D eigenvalue weighted by Gasteiger charge is -2.23. The summed E-state index contributed by atoms with van der Waals surface area (Å²) in [5.74, 6) is -1.39. The molecule has 2 amide bonds. The van der Waals surface area contributed by atoms with Gasteiger partial charge in [0.25, 0.3) is 0 Å². The lowest BCUT2D eigenvalue weighted by Crippen LogP contribution is -2.53. The number of ether oxygens (including phenoxy) is 1. The Balaban J connectivity index is 1.66. The van der Waals surface area contributed by atoms with E-state index in [-0.39, 0.29) is 18.4 Å². The van der Waals surface area contributed by atoms with Crippen LogP contribution in [0.2, 0.25) is 0 Å². The quantitative estimate of drug-likeness (QED) is 0.487. The highest BCUT2D eigenvalue weighted by Gasteiger charge is 2.31. The van der Waals surface area contributed by atoms with Crippen LogP contribution in [0.5, 0.6) is 0 Å². The van der Waals surface area contributed by atoms with Gasteiger partial charge in [-0.15, -0.1) is 0 Å². The molecule has 8 heteroatoms. The van der Waals surface area contributed by atoms with E-state index in [1.54, 1.807) is 13.8 Å². The number of carbonyl (C=O) groups is 3. The molecule has 0 heterocycles. The third-order valence-corrected chi connectivity index (χ3v) is 6.44. The molecule has 0 aliphatic heterocycles. The van der Waals surface area contributed by atoms with Gasteiger partial charge in [0.2, 0.25) is 5.91 Å². The Kier molecular flexibility index (Phi) is 8.38. The molecule has 2 aromatic rings. The zero-order chi connectivity index (χ0) is 24.0. The minimum atomic E-state index is -1.11. The minimum Gasteiger partial charge on any atom is -0.480 e. The van der Waals surface area contributed by atoms with Gasteiger partial charge in [0, 0.05) is 5.92 Å². The Bertz CT molecular complexity index is 964. The summed E-state index contributed by atoms with van der Waals surface area (Å²) in [7, 11) is 0. The first-order valence-electron chi connectivity index (χ1n) is 11.0. The van der Waals surface area contributed by atoms with Gasteiger partial charge < -0.3 is 20.5 Å². The second kappa shape index (κ2) is 11.2. The van der Waals surface area contributed by atoms with E-state index in [9.17, 15) is 19.5 Å². The highest BCUT2D eigenvalue weighted by molar-refractivity contribution is 7.98. The first kappa shape index (κ1) is 24.6. The molecule has 0 saturated carbocycles. The molecule has 3 rings (SSSR count). The van der Waals surface area contributed by atoms with Crippen molar-refractivity contribution in [3.05, 3.63) is 59.7 Å². The van der Waals surface area contributed by atoms with E-state index in [1.165, 1.54) is 11.8 Å². The highest BCUT2D eigenvalue weighted by Crippen LogP contribution is 2.44. The number of fused-ring (bicyclic) bond motifs is 3. The van der Waals surface area contributed by atoms with Crippen LogP contribution in [0.1, 0.15) is 37.3 Å². The third-order valence-electron chi connectivity index (χ3n) is 5.79. The van der Waals surface area contributed by atoms with E-state index in [2.05, 4.69) is 22.8 Å². The van der Waals surface area contributed by atoms with E-state index >= 15 is 0 Å². The van der Waals surface area contributed by atoms with Crippen LogP contribution in [0.15, 0.2) is 48.5 Å². The first-order chi connectivity index (χ1) is 15.8. The number of benzene rings is 2. The number of aliphatic carboxylic acids is 1. The van der Waals surface area contributed by atoms with Crippen LogP contribution in [0.4, 0.5) is 4.79 Å². The number of hydrogen-bond acceptors (Lipinski definition) is 5. The summed E-state index contributed by atoms with van der Waals surface area (Å²) in [6, 6.07) is 14.2. The van der Waals surface area contributed by atoms with Gasteiger partial charge in [0.05, 0.1) is 0 Å².